The van der Waals surface area contributed by atoms with Crippen molar-refractivity contribution in [1.29, 1.82) is 0 Å². The molecule has 12 nitrogen and oxygen atoms in total. The van der Waals surface area contributed by atoms with Crippen molar-refractivity contribution in [3.05, 3.63) is 108 Å². The zero-order chi connectivity index (χ0) is 37.7. The fraction of sp³-hybridized carbons (Fsp3) is 0.425. The van der Waals surface area contributed by atoms with Crippen molar-refractivity contribution in [1.82, 2.24) is 16.0 Å². The van der Waals surface area contributed by atoms with E-state index in [2.05, 4.69) is 16.0 Å². The van der Waals surface area contributed by atoms with Gasteiger partial charge in [-0.15, -0.1) is 0 Å². The average Bonchev–Trinajstić information content (AvgIpc) is 3.81. The van der Waals surface area contributed by atoms with Crippen molar-refractivity contribution in [2.45, 2.75) is 76.3 Å². The molecule has 2 fully saturated rings. The number of ether oxygens (including phenoxy) is 3. The Labute approximate surface area is 303 Å². The highest BCUT2D eigenvalue weighted by molar-refractivity contribution is 5.97. The molecule has 1 unspecified atom stereocenters. The van der Waals surface area contributed by atoms with Gasteiger partial charge >= 0.3 is 18.0 Å². The Morgan fingerprint density at radius 2 is 1.31 bits per heavy atom. The van der Waals surface area contributed by atoms with Gasteiger partial charge in [0.05, 0.1) is 31.7 Å². The molecule has 0 heterocycles. The molecule has 0 radical (unpaired) electrons. The lowest BCUT2D eigenvalue weighted by Gasteiger charge is -2.37. The minimum Gasteiger partial charge on any atom is -0.466 e. The molecule has 3 aromatic carbocycles. The molecule has 0 aromatic heterocycles. The molecule has 2 saturated carbocycles. The molecule has 3 amide bonds. The Balaban J connectivity index is 1.52. The number of carbonyl (C=O) groups is 5. The van der Waals surface area contributed by atoms with Gasteiger partial charge in [-0.05, 0) is 51.3 Å². The lowest BCUT2D eigenvalue weighted by molar-refractivity contribution is -0.156. The highest BCUT2D eigenvalue weighted by Gasteiger charge is 2.76. The lowest BCUT2D eigenvalue weighted by atomic mass is 9.77. The number of amides is 3. The van der Waals surface area contributed by atoms with Crippen LogP contribution in [0.3, 0.4) is 0 Å². The third-order valence-electron chi connectivity index (χ3n) is 9.51. The second kappa shape index (κ2) is 15.6. The predicted octanol–water partition coefficient (Wildman–Crippen LogP) is 3.99. The largest absolute Gasteiger partial charge is 0.466 e. The predicted molar refractivity (Wildman–Crippen MR) is 190 cm³/mol. The number of hydrogen-bond acceptors (Lipinski definition) is 9. The summed E-state index contributed by atoms with van der Waals surface area (Å²) in [5.41, 5.74) is -1.75. The number of rotatable bonds is 13. The van der Waals surface area contributed by atoms with Gasteiger partial charge in [-0.1, -0.05) is 91.0 Å². The van der Waals surface area contributed by atoms with Gasteiger partial charge in [0.2, 0.25) is 11.8 Å². The monoisotopic (exact) mass is 713 g/mol. The first-order valence-electron chi connectivity index (χ1n) is 17.6. The van der Waals surface area contributed by atoms with Crippen LogP contribution >= 0.6 is 0 Å². The van der Waals surface area contributed by atoms with E-state index in [4.69, 9.17) is 14.2 Å². The molecule has 6 atom stereocenters. The normalized spacial score (nSPS) is 22.6. The molecule has 0 aliphatic heterocycles. The first kappa shape index (κ1) is 38.0. The summed E-state index contributed by atoms with van der Waals surface area (Å²) >= 11 is 0. The van der Waals surface area contributed by atoms with Crippen molar-refractivity contribution < 1.29 is 43.3 Å². The van der Waals surface area contributed by atoms with Gasteiger partial charge in [0.15, 0.2) is 0 Å². The summed E-state index contributed by atoms with van der Waals surface area (Å²) in [6.45, 7) is 8.27. The topological polar surface area (TPSA) is 169 Å². The molecule has 276 valence electrons. The van der Waals surface area contributed by atoms with Crippen LogP contribution in [0.2, 0.25) is 0 Å². The van der Waals surface area contributed by atoms with Gasteiger partial charge in [0.25, 0.3) is 0 Å². The molecule has 2 aliphatic carbocycles. The van der Waals surface area contributed by atoms with Crippen LogP contribution < -0.4 is 16.0 Å². The highest BCUT2D eigenvalue weighted by atomic mass is 16.6. The number of esters is 2. The Bertz CT molecular complexity index is 1650. The van der Waals surface area contributed by atoms with Crippen LogP contribution in [-0.2, 0) is 38.9 Å². The summed E-state index contributed by atoms with van der Waals surface area (Å²) in [7, 11) is 0. The number of aliphatic hydroxyl groups is 1. The summed E-state index contributed by atoms with van der Waals surface area (Å²) in [5, 5.41) is 19.4. The van der Waals surface area contributed by atoms with Crippen LogP contribution in [0.25, 0.3) is 0 Å². The van der Waals surface area contributed by atoms with Crippen LogP contribution in [0.5, 0.6) is 0 Å². The van der Waals surface area contributed by atoms with E-state index >= 15 is 0 Å². The number of hydrogen-bond donors (Lipinski definition) is 4. The Kier molecular flexibility index (Phi) is 11.4. The Morgan fingerprint density at radius 3 is 1.77 bits per heavy atom. The number of alkyl carbamates (subject to hydrolysis) is 1. The van der Waals surface area contributed by atoms with E-state index < -0.39 is 82.8 Å². The summed E-state index contributed by atoms with van der Waals surface area (Å²) in [4.78, 5) is 68.3. The van der Waals surface area contributed by atoms with Gasteiger partial charge in [-0.25, -0.2) is 9.59 Å². The third-order valence-corrected chi connectivity index (χ3v) is 9.51. The van der Waals surface area contributed by atoms with Crippen molar-refractivity contribution in [3.63, 3.8) is 0 Å². The molecule has 0 spiro atoms. The van der Waals surface area contributed by atoms with Gasteiger partial charge in [-0.2, -0.15) is 0 Å². The Hall–Kier alpha value is -5.23. The maximum atomic E-state index is 14.4. The molecular weight excluding hydrogens is 666 g/mol. The van der Waals surface area contributed by atoms with Gasteiger partial charge in [-0.3, -0.25) is 14.4 Å². The molecule has 2 aliphatic rings. The molecule has 52 heavy (non-hydrogen) atoms. The standard InChI is InChI=1S/C40H47N3O9/c1-6-50-35(47)32-31-29(44)24-39(33(31)32,36(48)51-7-2)43-34(46)28(41-37(49)52-38(3,4)5)23-30(45)42-40(25-17-11-8-12-18-25,26-19-13-9-14-20-26)27-21-15-10-16-22-27/h8-22,28-29,31-33,44H,6-7,23-24H2,1-5H3,(H,41,49)(H,42,45)(H,43,46)/t28?,29-,31-,32-,33-,39-/m0/s1. The van der Waals surface area contributed by atoms with E-state index in [1.807, 2.05) is 91.0 Å². The fourth-order valence-corrected chi connectivity index (χ4v) is 7.45. The number of benzene rings is 3. The zero-order valence-electron chi connectivity index (χ0n) is 30.1. The first-order valence-corrected chi connectivity index (χ1v) is 17.6. The zero-order valence-corrected chi connectivity index (χ0v) is 30.1. The van der Waals surface area contributed by atoms with Gasteiger partial charge in [0.1, 0.15) is 22.7 Å². The van der Waals surface area contributed by atoms with Crippen molar-refractivity contribution in [2.24, 2.45) is 17.8 Å². The van der Waals surface area contributed by atoms with Crippen molar-refractivity contribution in [3.8, 4) is 0 Å². The minimum atomic E-state index is -1.82. The molecule has 0 saturated heterocycles. The molecule has 0 bridgehead atoms. The van der Waals surface area contributed by atoms with Crippen molar-refractivity contribution >= 4 is 29.8 Å². The van der Waals surface area contributed by atoms with Crippen LogP contribution in [-0.4, -0.2) is 71.5 Å². The first-order chi connectivity index (χ1) is 24.8. The van der Waals surface area contributed by atoms with E-state index in [1.165, 1.54) is 0 Å². The maximum Gasteiger partial charge on any atom is 0.408 e. The van der Waals surface area contributed by atoms with E-state index in [9.17, 15) is 29.1 Å². The quantitative estimate of drug-likeness (QED) is 0.116. The molecule has 5 rings (SSSR count). The number of nitrogens with one attached hydrogen (secondary N) is 3. The maximum absolute atomic E-state index is 14.4. The van der Waals surface area contributed by atoms with E-state index in [0.29, 0.717) is 0 Å². The second-order valence-corrected chi connectivity index (χ2v) is 14.1. The summed E-state index contributed by atoms with van der Waals surface area (Å²) in [5.74, 6) is -5.26. The van der Waals surface area contributed by atoms with Crippen LogP contribution in [0.15, 0.2) is 91.0 Å². The highest BCUT2D eigenvalue weighted by Crippen LogP contribution is 2.63. The average molecular weight is 714 g/mol. The molecule has 4 N–H and O–H groups in total. The minimum absolute atomic E-state index is 0.0312. The van der Waals surface area contributed by atoms with Gasteiger partial charge < -0.3 is 35.3 Å². The summed E-state index contributed by atoms with van der Waals surface area (Å²) < 4.78 is 16.0. The SMILES string of the molecule is CCOC(=O)[C@H]1[C@H]2[C@@H]1[C@](NC(=O)C(CC(=O)NC(c1ccccc1)(c1ccccc1)c1ccccc1)NC(=O)OC(C)(C)C)(C(=O)OCC)C[C@@H]2O. The summed E-state index contributed by atoms with van der Waals surface area (Å²) in [6.07, 6.45) is -2.89. The summed E-state index contributed by atoms with van der Waals surface area (Å²) in [6, 6.07) is 26.6. The molecule has 12 heteroatoms. The van der Waals surface area contributed by atoms with Crippen molar-refractivity contribution in [2.75, 3.05) is 13.2 Å². The number of fused-ring (bicyclic) bond motifs is 1. The van der Waals surface area contributed by atoms with E-state index in [0.717, 1.165) is 16.7 Å². The third kappa shape index (κ3) is 7.81. The van der Waals surface area contributed by atoms with Crippen LogP contribution in [0, 0.1) is 17.8 Å². The fourth-order valence-electron chi connectivity index (χ4n) is 7.45. The van der Waals surface area contributed by atoms with Gasteiger partial charge in [0, 0.05) is 18.3 Å². The number of carbonyl (C=O) groups excluding carboxylic acids is 5. The Morgan fingerprint density at radius 1 is 0.808 bits per heavy atom. The lowest BCUT2D eigenvalue weighted by Crippen LogP contribution is -2.62. The molecular formula is C40H47N3O9. The van der Waals surface area contributed by atoms with Crippen LogP contribution in [0.1, 0.15) is 64.2 Å². The number of aliphatic hydroxyl groups excluding tert-OH is 1. The smallest absolute Gasteiger partial charge is 0.408 e. The van der Waals surface area contributed by atoms with E-state index in [1.54, 1.807) is 34.6 Å². The van der Waals surface area contributed by atoms with Crippen LogP contribution in [0.4, 0.5) is 4.79 Å². The van der Waals surface area contributed by atoms with E-state index in [-0.39, 0.29) is 19.6 Å². The molecule has 3 aromatic rings. The second-order valence-electron chi connectivity index (χ2n) is 14.1.